The first-order valence-electron chi connectivity index (χ1n) is 10.3. The van der Waals surface area contributed by atoms with Crippen LogP contribution in [0.5, 0.6) is 0 Å². The first-order chi connectivity index (χ1) is 14.6. The summed E-state index contributed by atoms with van der Waals surface area (Å²) in [5.74, 6) is -0.697. The van der Waals surface area contributed by atoms with Crippen LogP contribution in [-0.2, 0) is 16.1 Å². The summed E-state index contributed by atoms with van der Waals surface area (Å²) in [4.78, 5) is 17.5. The van der Waals surface area contributed by atoms with Gasteiger partial charge in [0.25, 0.3) is 0 Å². The van der Waals surface area contributed by atoms with Crippen LogP contribution >= 0.6 is 0 Å². The summed E-state index contributed by atoms with van der Waals surface area (Å²) >= 11 is 0. The lowest BCUT2D eigenvalue weighted by Gasteiger charge is -2.31. The number of hydrogen-bond donors (Lipinski definition) is 1. The van der Waals surface area contributed by atoms with Crippen molar-refractivity contribution in [2.75, 3.05) is 32.8 Å². The largest absolute Gasteiger partial charge is 0.480 e. The number of pyridine rings is 1. The predicted octanol–water partition coefficient (Wildman–Crippen LogP) is 3.50. The van der Waals surface area contributed by atoms with Gasteiger partial charge in [-0.15, -0.1) is 0 Å². The van der Waals surface area contributed by atoms with Gasteiger partial charge in [0, 0.05) is 30.9 Å². The second-order valence-corrected chi connectivity index (χ2v) is 7.78. The summed E-state index contributed by atoms with van der Waals surface area (Å²) in [6, 6.07) is 10.7. The first kappa shape index (κ1) is 20.5. The zero-order chi connectivity index (χ0) is 20.9. The van der Waals surface area contributed by atoms with E-state index < -0.39 is 5.97 Å². The van der Waals surface area contributed by atoms with E-state index in [0.29, 0.717) is 19.1 Å². The zero-order valence-electron chi connectivity index (χ0n) is 16.8. The third kappa shape index (κ3) is 4.86. The summed E-state index contributed by atoms with van der Waals surface area (Å²) < 4.78 is 20.5. The van der Waals surface area contributed by atoms with E-state index in [-0.39, 0.29) is 12.4 Å². The van der Waals surface area contributed by atoms with Gasteiger partial charge in [0.15, 0.2) is 0 Å². The standard InChI is InChI=1S/C23H26FN3O3/c24-19-5-3-17(4-6-19)14-27-15-21(20-2-1-9-25-23(20)27)18-7-10-26(11-8-18)12-13-30-16-22(28)29/h1-6,9,15,18H,7-8,10-14,16H2,(H,28,29). The fourth-order valence-corrected chi connectivity index (χ4v) is 4.20. The molecule has 0 unspecified atom stereocenters. The molecule has 0 bridgehead atoms. The molecule has 1 N–H and O–H groups in total. The number of carbonyl (C=O) groups is 1. The van der Waals surface area contributed by atoms with Gasteiger partial charge in [0.1, 0.15) is 18.1 Å². The molecule has 0 spiro atoms. The fourth-order valence-electron chi connectivity index (χ4n) is 4.20. The SMILES string of the molecule is O=C(O)COCCN1CCC(c2cn(Cc3ccc(F)cc3)c3ncccc23)CC1. The fraction of sp³-hybridized carbons (Fsp3) is 0.391. The quantitative estimate of drug-likeness (QED) is 0.575. The Hall–Kier alpha value is -2.77. The van der Waals surface area contributed by atoms with Crippen molar-refractivity contribution in [3.05, 3.63) is 65.7 Å². The number of aromatic nitrogens is 2. The number of fused-ring (bicyclic) bond motifs is 1. The molecule has 0 atom stereocenters. The van der Waals surface area contributed by atoms with Crippen LogP contribution in [-0.4, -0.2) is 58.4 Å². The molecule has 1 saturated heterocycles. The summed E-state index contributed by atoms with van der Waals surface area (Å²) in [6.45, 7) is 3.55. The van der Waals surface area contributed by atoms with Crippen molar-refractivity contribution >= 4 is 17.0 Å². The van der Waals surface area contributed by atoms with Gasteiger partial charge in [-0.2, -0.15) is 0 Å². The number of likely N-dealkylation sites (tertiary alicyclic amines) is 1. The Morgan fingerprint density at radius 3 is 2.70 bits per heavy atom. The zero-order valence-corrected chi connectivity index (χ0v) is 16.8. The van der Waals surface area contributed by atoms with E-state index in [2.05, 4.69) is 26.7 Å². The number of hydrogen-bond acceptors (Lipinski definition) is 4. The number of ether oxygens (including phenoxy) is 1. The van der Waals surface area contributed by atoms with Gasteiger partial charge in [-0.3, -0.25) is 0 Å². The van der Waals surface area contributed by atoms with E-state index in [1.165, 1.54) is 23.1 Å². The minimum absolute atomic E-state index is 0.227. The highest BCUT2D eigenvalue weighted by molar-refractivity contribution is 5.81. The minimum atomic E-state index is -0.931. The van der Waals surface area contributed by atoms with E-state index in [1.54, 1.807) is 0 Å². The van der Waals surface area contributed by atoms with Crippen molar-refractivity contribution in [3.8, 4) is 0 Å². The number of carboxylic acid groups (broad SMARTS) is 1. The summed E-state index contributed by atoms with van der Waals surface area (Å²) in [5, 5.41) is 9.83. The predicted molar refractivity (Wildman–Crippen MR) is 112 cm³/mol. The molecule has 30 heavy (non-hydrogen) atoms. The highest BCUT2D eigenvalue weighted by Crippen LogP contribution is 2.34. The number of carboxylic acids is 1. The topological polar surface area (TPSA) is 67.6 Å². The van der Waals surface area contributed by atoms with Gasteiger partial charge < -0.3 is 19.3 Å². The Labute approximate surface area is 174 Å². The lowest BCUT2D eigenvalue weighted by atomic mass is 9.89. The Kier molecular flexibility index (Phi) is 6.40. The summed E-state index contributed by atoms with van der Waals surface area (Å²) in [6.07, 6.45) is 6.11. The number of benzene rings is 1. The smallest absolute Gasteiger partial charge is 0.329 e. The van der Waals surface area contributed by atoms with Crippen LogP contribution in [0, 0.1) is 5.82 Å². The number of nitrogens with zero attached hydrogens (tertiary/aromatic N) is 3. The molecule has 0 saturated carbocycles. The van der Waals surface area contributed by atoms with Crippen molar-refractivity contribution in [1.82, 2.24) is 14.5 Å². The van der Waals surface area contributed by atoms with E-state index in [9.17, 15) is 9.18 Å². The third-order valence-electron chi connectivity index (χ3n) is 5.74. The normalized spacial score (nSPS) is 15.6. The summed E-state index contributed by atoms with van der Waals surface area (Å²) in [5.41, 5.74) is 3.32. The van der Waals surface area contributed by atoms with Crippen molar-refractivity contribution in [1.29, 1.82) is 0 Å². The molecular formula is C23H26FN3O3. The third-order valence-corrected chi connectivity index (χ3v) is 5.74. The van der Waals surface area contributed by atoms with Crippen LogP contribution in [0.15, 0.2) is 48.8 Å². The molecule has 1 aromatic carbocycles. The maximum absolute atomic E-state index is 13.2. The molecule has 2 aromatic heterocycles. The molecule has 1 fully saturated rings. The Bertz CT molecular complexity index is 995. The van der Waals surface area contributed by atoms with Crippen molar-refractivity contribution in [3.63, 3.8) is 0 Å². The van der Waals surface area contributed by atoms with Crippen LogP contribution in [0.4, 0.5) is 4.39 Å². The Morgan fingerprint density at radius 1 is 1.20 bits per heavy atom. The highest BCUT2D eigenvalue weighted by Gasteiger charge is 2.24. The molecule has 7 heteroatoms. The maximum atomic E-state index is 13.2. The molecule has 4 rings (SSSR count). The van der Waals surface area contributed by atoms with Crippen molar-refractivity contribution in [2.24, 2.45) is 0 Å². The van der Waals surface area contributed by atoms with Gasteiger partial charge in [-0.25, -0.2) is 14.2 Å². The van der Waals surface area contributed by atoms with Gasteiger partial charge in [-0.1, -0.05) is 12.1 Å². The van der Waals surface area contributed by atoms with Crippen LogP contribution in [0.2, 0.25) is 0 Å². The lowest BCUT2D eigenvalue weighted by Crippen LogP contribution is -2.35. The number of piperidine rings is 1. The van der Waals surface area contributed by atoms with E-state index >= 15 is 0 Å². The van der Waals surface area contributed by atoms with Crippen LogP contribution in [0.1, 0.15) is 29.9 Å². The van der Waals surface area contributed by atoms with E-state index in [4.69, 9.17) is 9.84 Å². The van der Waals surface area contributed by atoms with Gasteiger partial charge in [0.05, 0.1) is 6.61 Å². The number of halogens is 1. The second kappa shape index (κ2) is 9.36. The molecule has 6 nitrogen and oxygen atoms in total. The minimum Gasteiger partial charge on any atom is -0.480 e. The molecule has 0 radical (unpaired) electrons. The molecule has 3 aromatic rings. The summed E-state index contributed by atoms with van der Waals surface area (Å²) in [7, 11) is 0. The van der Waals surface area contributed by atoms with Crippen LogP contribution < -0.4 is 0 Å². The molecule has 3 heterocycles. The number of rotatable bonds is 8. The highest BCUT2D eigenvalue weighted by atomic mass is 19.1. The average Bonchev–Trinajstić information content (AvgIpc) is 3.12. The van der Waals surface area contributed by atoms with E-state index in [1.807, 2.05) is 24.4 Å². The van der Waals surface area contributed by atoms with E-state index in [0.717, 1.165) is 43.7 Å². The molecule has 0 aliphatic carbocycles. The van der Waals surface area contributed by atoms with Gasteiger partial charge in [-0.05, 0) is 67.2 Å². The van der Waals surface area contributed by atoms with Crippen molar-refractivity contribution in [2.45, 2.75) is 25.3 Å². The second-order valence-electron chi connectivity index (χ2n) is 7.78. The average molecular weight is 411 g/mol. The van der Waals surface area contributed by atoms with Gasteiger partial charge >= 0.3 is 5.97 Å². The first-order valence-corrected chi connectivity index (χ1v) is 10.3. The monoisotopic (exact) mass is 411 g/mol. The molecule has 158 valence electrons. The van der Waals surface area contributed by atoms with Crippen LogP contribution in [0.25, 0.3) is 11.0 Å². The number of aliphatic carboxylic acids is 1. The Morgan fingerprint density at radius 2 is 1.97 bits per heavy atom. The van der Waals surface area contributed by atoms with Crippen LogP contribution in [0.3, 0.4) is 0 Å². The van der Waals surface area contributed by atoms with Crippen molar-refractivity contribution < 1.29 is 19.0 Å². The molecular weight excluding hydrogens is 385 g/mol. The van der Waals surface area contributed by atoms with Gasteiger partial charge in [0.2, 0.25) is 0 Å². The molecule has 0 amide bonds. The Balaban J connectivity index is 1.43. The molecule has 1 aliphatic rings. The molecule has 1 aliphatic heterocycles. The lowest BCUT2D eigenvalue weighted by molar-refractivity contribution is -0.142. The maximum Gasteiger partial charge on any atom is 0.329 e.